The van der Waals surface area contributed by atoms with Crippen LogP contribution in [0.4, 0.5) is 0 Å². The molecular formula is C14H28N4O2S. The predicted molar refractivity (Wildman–Crippen MR) is 84.6 cm³/mol. The van der Waals surface area contributed by atoms with E-state index >= 15 is 0 Å². The first kappa shape index (κ1) is 18.1. The summed E-state index contributed by atoms with van der Waals surface area (Å²) in [5.41, 5.74) is 1.51. The minimum Gasteiger partial charge on any atom is -0.310 e. The van der Waals surface area contributed by atoms with Crippen molar-refractivity contribution >= 4 is 10.0 Å². The number of nitrogens with one attached hydrogen (secondary N) is 2. The largest absolute Gasteiger partial charge is 0.310 e. The zero-order chi connectivity index (χ0) is 16.2. The SMILES string of the molecule is CCCC(C)N(C)S(=O)(=O)c1n[nH]c(C)c1CNC(C)C. The smallest absolute Gasteiger partial charge is 0.262 e. The Morgan fingerprint density at radius 3 is 2.48 bits per heavy atom. The van der Waals surface area contributed by atoms with Crippen molar-refractivity contribution in [2.24, 2.45) is 0 Å². The van der Waals surface area contributed by atoms with Gasteiger partial charge < -0.3 is 5.32 Å². The fourth-order valence-electron chi connectivity index (χ4n) is 2.13. The van der Waals surface area contributed by atoms with Crippen LogP contribution in [-0.4, -0.2) is 42.1 Å². The van der Waals surface area contributed by atoms with Crippen molar-refractivity contribution in [1.82, 2.24) is 19.8 Å². The van der Waals surface area contributed by atoms with Gasteiger partial charge >= 0.3 is 0 Å². The van der Waals surface area contributed by atoms with Crippen molar-refractivity contribution in [2.45, 2.75) is 71.1 Å². The molecule has 1 aromatic rings. The van der Waals surface area contributed by atoms with E-state index in [0.717, 1.165) is 24.1 Å². The summed E-state index contributed by atoms with van der Waals surface area (Å²) >= 11 is 0. The standard InChI is InChI=1S/C14H28N4O2S/c1-7-8-11(4)18(6)21(19,20)14-13(9-15-10(2)3)12(5)16-17-14/h10-11,15H,7-9H2,1-6H3,(H,16,17). The molecule has 0 aliphatic rings. The van der Waals surface area contributed by atoms with Crippen LogP contribution in [0.2, 0.25) is 0 Å². The molecule has 1 atom stereocenters. The van der Waals surface area contributed by atoms with Gasteiger partial charge in [-0.15, -0.1) is 0 Å². The third-order valence-corrected chi connectivity index (χ3v) is 5.62. The van der Waals surface area contributed by atoms with Gasteiger partial charge in [0, 0.05) is 36.9 Å². The van der Waals surface area contributed by atoms with Crippen LogP contribution < -0.4 is 5.32 Å². The molecule has 0 aliphatic carbocycles. The highest BCUT2D eigenvalue weighted by Crippen LogP contribution is 2.22. The lowest BCUT2D eigenvalue weighted by Gasteiger charge is -2.23. The average Bonchev–Trinajstić information content (AvgIpc) is 2.77. The van der Waals surface area contributed by atoms with Crippen LogP contribution in [-0.2, 0) is 16.6 Å². The molecule has 0 radical (unpaired) electrons. The Labute approximate surface area is 128 Å². The molecule has 2 N–H and O–H groups in total. The Bertz CT molecular complexity index is 551. The maximum absolute atomic E-state index is 12.7. The van der Waals surface area contributed by atoms with E-state index in [1.807, 2.05) is 34.6 Å². The number of nitrogens with zero attached hydrogens (tertiary/aromatic N) is 2. The normalized spacial score (nSPS) is 14.1. The molecule has 0 amide bonds. The van der Waals surface area contributed by atoms with E-state index in [0.29, 0.717) is 6.54 Å². The fourth-order valence-corrected chi connectivity index (χ4v) is 3.68. The molecule has 1 rings (SSSR count). The summed E-state index contributed by atoms with van der Waals surface area (Å²) < 4.78 is 26.9. The topological polar surface area (TPSA) is 78.1 Å². The predicted octanol–water partition coefficient (Wildman–Crippen LogP) is 2.03. The Morgan fingerprint density at radius 2 is 1.95 bits per heavy atom. The second-order valence-corrected chi connectivity index (χ2v) is 7.74. The lowest BCUT2D eigenvalue weighted by atomic mass is 10.2. The lowest BCUT2D eigenvalue weighted by molar-refractivity contribution is 0.367. The first-order valence-electron chi connectivity index (χ1n) is 7.47. The zero-order valence-corrected chi connectivity index (χ0v) is 14.7. The highest BCUT2D eigenvalue weighted by Gasteiger charge is 2.30. The number of sulfonamides is 1. The summed E-state index contributed by atoms with van der Waals surface area (Å²) in [6.07, 6.45) is 1.78. The van der Waals surface area contributed by atoms with E-state index in [4.69, 9.17) is 0 Å². The van der Waals surface area contributed by atoms with E-state index in [1.165, 1.54) is 4.31 Å². The average molecular weight is 316 g/mol. The molecule has 6 nitrogen and oxygen atoms in total. The highest BCUT2D eigenvalue weighted by molar-refractivity contribution is 7.89. The van der Waals surface area contributed by atoms with E-state index < -0.39 is 10.0 Å². The maximum atomic E-state index is 12.7. The van der Waals surface area contributed by atoms with E-state index in [2.05, 4.69) is 15.5 Å². The van der Waals surface area contributed by atoms with Crippen LogP contribution in [0.1, 0.15) is 51.8 Å². The van der Waals surface area contributed by atoms with Crippen LogP contribution in [0, 0.1) is 6.92 Å². The summed E-state index contributed by atoms with van der Waals surface area (Å²) in [6, 6.07) is 0.245. The van der Waals surface area contributed by atoms with Gasteiger partial charge in [0.2, 0.25) is 0 Å². The third-order valence-electron chi connectivity index (χ3n) is 3.67. The van der Waals surface area contributed by atoms with Gasteiger partial charge in [-0.05, 0) is 20.3 Å². The molecule has 0 spiro atoms. The lowest BCUT2D eigenvalue weighted by Crippen LogP contribution is -2.36. The Hall–Kier alpha value is -0.920. The van der Waals surface area contributed by atoms with Gasteiger partial charge in [0.25, 0.3) is 10.0 Å². The van der Waals surface area contributed by atoms with Gasteiger partial charge in [0.05, 0.1) is 0 Å². The van der Waals surface area contributed by atoms with Gasteiger partial charge in [-0.2, -0.15) is 9.40 Å². The molecule has 7 heteroatoms. The van der Waals surface area contributed by atoms with Crippen LogP contribution in [0.25, 0.3) is 0 Å². The van der Waals surface area contributed by atoms with Crippen LogP contribution >= 0.6 is 0 Å². The van der Waals surface area contributed by atoms with Gasteiger partial charge in [-0.1, -0.05) is 27.2 Å². The summed E-state index contributed by atoms with van der Waals surface area (Å²) in [6.45, 7) is 10.4. The van der Waals surface area contributed by atoms with Gasteiger partial charge in [0.1, 0.15) is 0 Å². The molecule has 1 aromatic heterocycles. The number of aromatic nitrogens is 2. The molecule has 0 bridgehead atoms. The molecule has 0 saturated carbocycles. The number of aryl methyl sites for hydroxylation is 1. The molecule has 0 aliphatic heterocycles. The second-order valence-electron chi connectivity index (χ2n) is 5.83. The molecule has 1 heterocycles. The number of H-pyrrole nitrogens is 1. The summed E-state index contributed by atoms with van der Waals surface area (Å²) in [4.78, 5) is 0. The molecule has 0 saturated heterocycles. The zero-order valence-electron chi connectivity index (χ0n) is 13.9. The van der Waals surface area contributed by atoms with Crippen molar-refractivity contribution in [3.63, 3.8) is 0 Å². The molecule has 1 unspecified atom stereocenters. The Kier molecular flexibility index (Phi) is 6.37. The van der Waals surface area contributed by atoms with Crippen molar-refractivity contribution in [3.05, 3.63) is 11.3 Å². The summed E-state index contributed by atoms with van der Waals surface area (Å²) in [7, 11) is -1.94. The number of aromatic amines is 1. The monoisotopic (exact) mass is 316 g/mol. The minimum absolute atomic E-state index is 0.0390. The first-order valence-corrected chi connectivity index (χ1v) is 8.91. The van der Waals surface area contributed by atoms with Crippen molar-refractivity contribution in [1.29, 1.82) is 0 Å². The quantitative estimate of drug-likeness (QED) is 0.769. The number of hydrogen-bond acceptors (Lipinski definition) is 4. The molecule has 0 fully saturated rings. The Morgan fingerprint density at radius 1 is 1.33 bits per heavy atom. The molecule has 122 valence electrons. The van der Waals surface area contributed by atoms with Crippen LogP contribution in [0.3, 0.4) is 0 Å². The highest BCUT2D eigenvalue weighted by atomic mass is 32.2. The summed E-state index contributed by atoms with van der Waals surface area (Å²) in [5, 5.41) is 10.2. The minimum atomic E-state index is -3.57. The molecular weight excluding hydrogens is 288 g/mol. The van der Waals surface area contributed by atoms with Gasteiger partial charge in [-0.25, -0.2) is 8.42 Å². The van der Waals surface area contributed by atoms with Crippen molar-refractivity contribution < 1.29 is 8.42 Å². The van der Waals surface area contributed by atoms with E-state index in [1.54, 1.807) is 7.05 Å². The van der Waals surface area contributed by atoms with E-state index in [-0.39, 0.29) is 17.1 Å². The van der Waals surface area contributed by atoms with Crippen molar-refractivity contribution in [2.75, 3.05) is 7.05 Å². The fraction of sp³-hybridized carbons (Fsp3) is 0.786. The van der Waals surface area contributed by atoms with Gasteiger partial charge in [0.15, 0.2) is 5.03 Å². The Balaban J connectivity index is 3.08. The summed E-state index contributed by atoms with van der Waals surface area (Å²) in [5.74, 6) is 0. The van der Waals surface area contributed by atoms with E-state index in [9.17, 15) is 8.42 Å². The maximum Gasteiger partial charge on any atom is 0.262 e. The second kappa shape index (κ2) is 7.38. The molecule has 21 heavy (non-hydrogen) atoms. The van der Waals surface area contributed by atoms with Gasteiger partial charge in [-0.3, -0.25) is 5.10 Å². The third kappa shape index (κ3) is 4.28. The van der Waals surface area contributed by atoms with Crippen molar-refractivity contribution in [3.8, 4) is 0 Å². The first-order chi connectivity index (χ1) is 9.71. The van der Waals surface area contributed by atoms with Crippen LogP contribution in [0.15, 0.2) is 5.03 Å². The number of hydrogen-bond donors (Lipinski definition) is 2. The molecule has 0 aromatic carbocycles. The number of rotatable bonds is 8. The van der Waals surface area contributed by atoms with Crippen LogP contribution in [0.5, 0.6) is 0 Å².